The van der Waals surface area contributed by atoms with Crippen molar-refractivity contribution in [3.8, 4) is 0 Å². The van der Waals surface area contributed by atoms with E-state index in [9.17, 15) is 4.79 Å². The summed E-state index contributed by atoms with van der Waals surface area (Å²) in [5, 5.41) is 6.82. The van der Waals surface area contributed by atoms with Crippen LogP contribution in [0.25, 0.3) is 0 Å². The van der Waals surface area contributed by atoms with E-state index >= 15 is 0 Å². The number of aliphatic imine (C=N–C) groups is 1. The van der Waals surface area contributed by atoms with Gasteiger partial charge < -0.3 is 25.3 Å². The Balaban J connectivity index is 1.33. The number of guanidine groups is 1. The molecule has 3 heterocycles. The highest BCUT2D eigenvalue weighted by Gasteiger charge is 2.22. The Morgan fingerprint density at radius 3 is 2.47 bits per heavy atom. The summed E-state index contributed by atoms with van der Waals surface area (Å²) in [5.74, 6) is 1.71. The van der Waals surface area contributed by atoms with Crippen LogP contribution in [0.15, 0.2) is 23.5 Å². The lowest BCUT2D eigenvalue weighted by molar-refractivity contribution is -0.131. The molecule has 0 spiro atoms. The number of piperidine rings is 1. The minimum absolute atomic E-state index is 0.180. The summed E-state index contributed by atoms with van der Waals surface area (Å²) < 4.78 is 0. The quantitative estimate of drug-likeness (QED) is 0.496. The first-order valence-electron chi connectivity index (χ1n) is 11.2. The van der Waals surface area contributed by atoms with Crippen LogP contribution in [-0.4, -0.2) is 97.1 Å². The van der Waals surface area contributed by atoms with Crippen molar-refractivity contribution in [2.75, 3.05) is 64.3 Å². The second kappa shape index (κ2) is 11.7. The maximum Gasteiger partial charge on any atom is 0.225 e. The number of aromatic nitrogens is 2. The molecule has 30 heavy (non-hydrogen) atoms. The Morgan fingerprint density at radius 1 is 1.13 bits per heavy atom. The molecule has 1 amide bonds. The number of likely N-dealkylation sites (tertiary alicyclic amines) is 1. The Bertz CT molecular complexity index is 667. The number of hydrogen-bond donors (Lipinski definition) is 2. The molecule has 166 valence electrons. The molecule has 2 saturated heterocycles. The van der Waals surface area contributed by atoms with Gasteiger partial charge in [-0.1, -0.05) is 6.92 Å². The number of carbonyl (C=O) groups is 1. The summed E-state index contributed by atoms with van der Waals surface area (Å²) in [6, 6.07) is 2.27. The predicted molar refractivity (Wildman–Crippen MR) is 120 cm³/mol. The molecule has 3 rings (SSSR count). The summed E-state index contributed by atoms with van der Waals surface area (Å²) >= 11 is 0. The zero-order valence-corrected chi connectivity index (χ0v) is 18.4. The predicted octanol–water partition coefficient (Wildman–Crippen LogP) is 0.555. The lowest BCUT2D eigenvalue weighted by Crippen LogP contribution is -2.51. The topological polar surface area (TPSA) is 89.0 Å². The summed E-state index contributed by atoms with van der Waals surface area (Å²) in [6.45, 7) is 9.24. The van der Waals surface area contributed by atoms with Crippen molar-refractivity contribution < 1.29 is 4.79 Å². The van der Waals surface area contributed by atoms with Crippen LogP contribution in [0, 0.1) is 0 Å². The SMILES string of the molecule is CCCN1CCC(NC(=NC)NCCC(=O)N2CCN(c3ncccn3)CC2)CC1. The van der Waals surface area contributed by atoms with Gasteiger partial charge >= 0.3 is 0 Å². The largest absolute Gasteiger partial charge is 0.356 e. The zero-order valence-electron chi connectivity index (χ0n) is 18.4. The van der Waals surface area contributed by atoms with Gasteiger partial charge in [0.2, 0.25) is 11.9 Å². The average Bonchev–Trinajstić information content (AvgIpc) is 2.80. The first kappa shape index (κ1) is 22.3. The van der Waals surface area contributed by atoms with Crippen molar-refractivity contribution in [2.45, 2.75) is 38.6 Å². The van der Waals surface area contributed by atoms with Gasteiger partial charge in [0.15, 0.2) is 5.96 Å². The molecular formula is C21H36N8O. The van der Waals surface area contributed by atoms with E-state index in [1.54, 1.807) is 19.4 Å². The van der Waals surface area contributed by atoms with Crippen molar-refractivity contribution >= 4 is 17.8 Å². The smallest absolute Gasteiger partial charge is 0.225 e. The summed E-state index contributed by atoms with van der Waals surface area (Å²) in [4.78, 5) is 32.1. The van der Waals surface area contributed by atoms with Gasteiger partial charge in [-0.05, 0) is 31.9 Å². The zero-order chi connectivity index (χ0) is 21.2. The Hall–Kier alpha value is -2.42. The number of anilines is 1. The molecule has 2 aliphatic heterocycles. The Labute approximate surface area is 179 Å². The second-order valence-corrected chi connectivity index (χ2v) is 7.93. The van der Waals surface area contributed by atoms with E-state index in [0.717, 1.165) is 50.9 Å². The second-order valence-electron chi connectivity index (χ2n) is 7.93. The molecule has 0 radical (unpaired) electrons. The maximum atomic E-state index is 12.6. The third-order valence-electron chi connectivity index (χ3n) is 5.79. The number of piperazine rings is 1. The van der Waals surface area contributed by atoms with Crippen LogP contribution in [0.2, 0.25) is 0 Å². The van der Waals surface area contributed by atoms with E-state index in [1.165, 1.54) is 13.0 Å². The molecule has 2 aliphatic rings. The van der Waals surface area contributed by atoms with Crippen LogP contribution in [0.1, 0.15) is 32.6 Å². The van der Waals surface area contributed by atoms with Crippen molar-refractivity contribution in [2.24, 2.45) is 4.99 Å². The van der Waals surface area contributed by atoms with Gasteiger partial charge in [-0.15, -0.1) is 0 Å². The molecule has 0 atom stereocenters. The molecule has 9 nitrogen and oxygen atoms in total. The fourth-order valence-corrected chi connectivity index (χ4v) is 4.06. The molecule has 0 aliphatic carbocycles. The molecule has 0 bridgehead atoms. The van der Waals surface area contributed by atoms with E-state index in [2.05, 4.69) is 42.3 Å². The van der Waals surface area contributed by atoms with Crippen molar-refractivity contribution in [1.29, 1.82) is 0 Å². The van der Waals surface area contributed by atoms with Crippen LogP contribution in [0.3, 0.4) is 0 Å². The van der Waals surface area contributed by atoms with Gasteiger partial charge in [0.1, 0.15) is 0 Å². The van der Waals surface area contributed by atoms with Crippen LogP contribution >= 0.6 is 0 Å². The van der Waals surface area contributed by atoms with Gasteiger partial charge in [-0.25, -0.2) is 9.97 Å². The standard InChI is InChI=1S/C21H36N8O/c1-3-11-27-12-6-18(7-13-27)26-20(22-2)23-10-5-19(30)28-14-16-29(17-15-28)21-24-8-4-9-25-21/h4,8-9,18H,3,5-7,10-17H2,1-2H3,(H2,22,23,26). The Kier molecular flexibility index (Phi) is 8.67. The minimum atomic E-state index is 0.180. The number of nitrogens with zero attached hydrogens (tertiary/aromatic N) is 6. The van der Waals surface area contributed by atoms with Gasteiger partial charge in [-0.2, -0.15) is 0 Å². The summed E-state index contributed by atoms with van der Waals surface area (Å²) in [6.07, 6.45) is 7.45. The first-order chi connectivity index (χ1) is 14.7. The minimum Gasteiger partial charge on any atom is -0.356 e. The molecule has 0 unspecified atom stereocenters. The molecular weight excluding hydrogens is 380 g/mol. The third kappa shape index (κ3) is 6.55. The van der Waals surface area contributed by atoms with Crippen molar-refractivity contribution in [1.82, 2.24) is 30.4 Å². The number of carbonyl (C=O) groups excluding carboxylic acids is 1. The number of rotatable bonds is 7. The molecule has 2 N–H and O–H groups in total. The van der Waals surface area contributed by atoms with Crippen LogP contribution in [0.5, 0.6) is 0 Å². The molecule has 1 aromatic rings. The van der Waals surface area contributed by atoms with E-state index in [-0.39, 0.29) is 5.91 Å². The summed E-state index contributed by atoms with van der Waals surface area (Å²) in [5.41, 5.74) is 0. The number of nitrogens with one attached hydrogen (secondary N) is 2. The molecule has 2 fully saturated rings. The molecule has 9 heteroatoms. The highest BCUT2D eigenvalue weighted by Crippen LogP contribution is 2.11. The highest BCUT2D eigenvalue weighted by molar-refractivity contribution is 5.81. The van der Waals surface area contributed by atoms with Crippen LogP contribution in [-0.2, 0) is 4.79 Å². The summed E-state index contributed by atoms with van der Waals surface area (Å²) in [7, 11) is 1.79. The molecule has 1 aromatic heterocycles. The van der Waals surface area contributed by atoms with Gasteiger partial charge in [0, 0.05) is 77.7 Å². The van der Waals surface area contributed by atoms with Gasteiger partial charge in [-0.3, -0.25) is 9.79 Å². The monoisotopic (exact) mass is 416 g/mol. The number of amides is 1. The lowest BCUT2D eigenvalue weighted by Gasteiger charge is -2.35. The van der Waals surface area contributed by atoms with Crippen LogP contribution in [0.4, 0.5) is 5.95 Å². The average molecular weight is 417 g/mol. The number of hydrogen-bond acceptors (Lipinski definition) is 6. The maximum absolute atomic E-state index is 12.6. The fraction of sp³-hybridized carbons (Fsp3) is 0.714. The van der Waals surface area contributed by atoms with E-state index < -0.39 is 0 Å². The van der Waals surface area contributed by atoms with Crippen molar-refractivity contribution in [3.05, 3.63) is 18.5 Å². The fourth-order valence-electron chi connectivity index (χ4n) is 4.06. The van der Waals surface area contributed by atoms with E-state index in [1.807, 2.05) is 11.0 Å². The van der Waals surface area contributed by atoms with Gasteiger partial charge in [0.05, 0.1) is 0 Å². The third-order valence-corrected chi connectivity index (χ3v) is 5.79. The Morgan fingerprint density at radius 2 is 1.83 bits per heavy atom. The molecule has 0 aromatic carbocycles. The van der Waals surface area contributed by atoms with Gasteiger partial charge in [0.25, 0.3) is 0 Å². The highest BCUT2D eigenvalue weighted by atomic mass is 16.2. The lowest BCUT2D eigenvalue weighted by atomic mass is 10.1. The van der Waals surface area contributed by atoms with E-state index in [4.69, 9.17) is 0 Å². The molecule has 0 saturated carbocycles. The van der Waals surface area contributed by atoms with Crippen molar-refractivity contribution in [3.63, 3.8) is 0 Å². The van der Waals surface area contributed by atoms with E-state index in [0.29, 0.717) is 32.1 Å². The normalized spacial score (nSPS) is 19.1. The first-order valence-corrected chi connectivity index (χ1v) is 11.2. The van der Waals surface area contributed by atoms with Crippen LogP contribution < -0.4 is 15.5 Å².